The Kier molecular flexibility index (Phi) is 7.08. The molecular weight excluding hydrogens is 347 g/mol. The van der Waals surface area contributed by atoms with Crippen molar-refractivity contribution in [3.05, 3.63) is 65.5 Å². The molecule has 0 aromatic heterocycles. The number of amides is 1. The van der Waals surface area contributed by atoms with E-state index in [-0.39, 0.29) is 23.2 Å². The number of carbonyl (C=O) groups is 1. The zero-order valence-corrected chi connectivity index (χ0v) is 14.0. The summed E-state index contributed by atoms with van der Waals surface area (Å²) in [6, 6.07) is 10.4. The number of hydrogen-bond acceptors (Lipinski definition) is 3. The van der Waals surface area contributed by atoms with Crippen molar-refractivity contribution >= 4 is 12.0 Å². The van der Waals surface area contributed by atoms with Crippen LogP contribution in [0.2, 0.25) is 0 Å². The van der Waals surface area contributed by atoms with Crippen LogP contribution in [0.5, 0.6) is 11.5 Å². The minimum absolute atomic E-state index is 0.0440. The van der Waals surface area contributed by atoms with Gasteiger partial charge in [0.2, 0.25) is 5.91 Å². The molecule has 0 aliphatic heterocycles. The Balaban J connectivity index is 1.84. The summed E-state index contributed by atoms with van der Waals surface area (Å²) in [6.45, 7) is -2.58. The predicted molar refractivity (Wildman–Crippen MR) is 91.8 cm³/mol. The van der Waals surface area contributed by atoms with E-state index in [1.807, 2.05) is 0 Å². The maximum atomic E-state index is 12.8. The van der Waals surface area contributed by atoms with Gasteiger partial charge in [-0.25, -0.2) is 4.39 Å². The molecule has 0 aliphatic rings. The van der Waals surface area contributed by atoms with Gasteiger partial charge in [-0.05, 0) is 47.9 Å². The first kappa shape index (κ1) is 19.4. The number of methoxy groups -OCH3 is 1. The fraction of sp³-hybridized carbons (Fsp3) is 0.211. The Morgan fingerprint density at radius 3 is 2.54 bits per heavy atom. The summed E-state index contributed by atoms with van der Waals surface area (Å²) in [4.78, 5) is 11.8. The quantitative estimate of drug-likeness (QED) is 0.724. The van der Waals surface area contributed by atoms with Crippen molar-refractivity contribution < 1.29 is 27.4 Å². The fourth-order valence-electron chi connectivity index (χ4n) is 2.20. The normalized spacial score (nSPS) is 11.0. The van der Waals surface area contributed by atoms with Gasteiger partial charge in [0.05, 0.1) is 7.11 Å². The zero-order chi connectivity index (χ0) is 18.9. The molecule has 0 radical (unpaired) electrons. The average Bonchev–Trinajstić information content (AvgIpc) is 2.62. The fourth-order valence-corrected chi connectivity index (χ4v) is 2.20. The number of carbonyl (C=O) groups excluding carboxylic acids is 1. The van der Waals surface area contributed by atoms with Crippen LogP contribution < -0.4 is 14.8 Å². The Bertz CT molecular complexity index is 761. The Morgan fingerprint density at radius 2 is 1.88 bits per heavy atom. The lowest BCUT2D eigenvalue weighted by molar-refractivity contribution is -0.116. The van der Waals surface area contributed by atoms with Crippen LogP contribution in [-0.2, 0) is 11.2 Å². The Labute approximate surface area is 149 Å². The second-order valence-corrected chi connectivity index (χ2v) is 5.29. The number of benzene rings is 2. The lowest BCUT2D eigenvalue weighted by Crippen LogP contribution is -2.23. The van der Waals surface area contributed by atoms with Gasteiger partial charge < -0.3 is 14.8 Å². The van der Waals surface area contributed by atoms with Crippen molar-refractivity contribution in [3.63, 3.8) is 0 Å². The minimum Gasteiger partial charge on any atom is -0.493 e. The van der Waals surface area contributed by atoms with Gasteiger partial charge in [0.25, 0.3) is 0 Å². The van der Waals surface area contributed by atoms with Crippen LogP contribution in [0, 0.1) is 5.82 Å². The van der Waals surface area contributed by atoms with Gasteiger partial charge in [-0.3, -0.25) is 4.79 Å². The van der Waals surface area contributed by atoms with Gasteiger partial charge >= 0.3 is 6.61 Å². The van der Waals surface area contributed by atoms with Gasteiger partial charge in [-0.1, -0.05) is 18.2 Å². The molecule has 0 saturated heterocycles. The van der Waals surface area contributed by atoms with Gasteiger partial charge in [-0.2, -0.15) is 8.78 Å². The van der Waals surface area contributed by atoms with Crippen molar-refractivity contribution in [2.45, 2.75) is 13.0 Å². The Morgan fingerprint density at radius 1 is 1.15 bits per heavy atom. The molecule has 2 aromatic rings. The molecule has 0 saturated carbocycles. The second-order valence-electron chi connectivity index (χ2n) is 5.29. The first-order valence-electron chi connectivity index (χ1n) is 7.81. The molecule has 1 amide bonds. The summed E-state index contributed by atoms with van der Waals surface area (Å²) < 4.78 is 46.8. The highest BCUT2D eigenvalue weighted by molar-refractivity contribution is 5.91. The van der Waals surface area contributed by atoms with Crippen LogP contribution in [0.4, 0.5) is 13.2 Å². The molecule has 1 N–H and O–H groups in total. The molecule has 0 unspecified atom stereocenters. The summed E-state index contributed by atoms with van der Waals surface area (Å²) in [7, 11) is 1.36. The van der Waals surface area contributed by atoms with E-state index in [1.54, 1.807) is 30.3 Å². The predicted octanol–water partition coefficient (Wildman–Crippen LogP) is 3.81. The summed E-state index contributed by atoms with van der Waals surface area (Å²) >= 11 is 0. The lowest BCUT2D eigenvalue weighted by Gasteiger charge is -2.11. The molecule has 0 bridgehead atoms. The van der Waals surface area contributed by atoms with E-state index in [0.29, 0.717) is 18.5 Å². The molecule has 0 fully saturated rings. The van der Waals surface area contributed by atoms with Crippen molar-refractivity contribution in [2.24, 2.45) is 0 Å². The third kappa shape index (κ3) is 6.16. The third-order valence-corrected chi connectivity index (χ3v) is 3.45. The summed E-state index contributed by atoms with van der Waals surface area (Å²) in [5.41, 5.74) is 1.51. The van der Waals surface area contributed by atoms with Gasteiger partial charge in [0, 0.05) is 12.6 Å². The van der Waals surface area contributed by atoms with Crippen LogP contribution in [0.1, 0.15) is 11.1 Å². The molecular formula is C19H18F3NO3. The molecule has 2 rings (SSSR count). The van der Waals surface area contributed by atoms with Crippen molar-refractivity contribution in [1.82, 2.24) is 5.32 Å². The van der Waals surface area contributed by atoms with Crippen LogP contribution in [0.15, 0.2) is 48.5 Å². The molecule has 138 valence electrons. The van der Waals surface area contributed by atoms with Crippen molar-refractivity contribution in [3.8, 4) is 11.5 Å². The minimum atomic E-state index is -2.93. The number of halogens is 3. The monoisotopic (exact) mass is 365 g/mol. The third-order valence-electron chi connectivity index (χ3n) is 3.45. The molecule has 0 spiro atoms. The first-order chi connectivity index (χ1) is 12.5. The Hall–Kier alpha value is -2.96. The van der Waals surface area contributed by atoms with Gasteiger partial charge in [0.1, 0.15) is 5.82 Å². The van der Waals surface area contributed by atoms with Crippen LogP contribution in [0.3, 0.4) is 0 Å². The number of nitrogens with one attached hydrogen (secondary N) is 1. The number of ether oxygens (including phenoxy) is 2. The van der Waals surface area contributed by atoms with Crippen LogP contribution in [-0.4, -0.2) is 26.2 Å². The largest absolute Gasteiger partial charge is 0.493 e. The highest BCUT2D eigenvalue weighted by Crippen LogP contribution is 2.29. The van der Waals surface area contributed by atoms with E-state index in [1.165, 1.54) is 31.4 Å². The number of hydrogen-bond donors (Lipinski definition) is 1. The van der Waals surface area contributed by atoms with Crippen molar-refractivity contribution in [2.75, 3.05) is 13.7 Å². The van der Waals surface area contributed by atoms with Crippen LogP contribution >= 0.6 is 0 Å². The van der Waals surface area contributed by atoms with E-state index in [4.69, 9.17) is 4.74 Å². The highest BCUT2D eigenvalue weighted by atomic mass is 19.3. The van der Waals surface area contributed by atoms with E-state index >= 15 is 0 Å². The zero-order valence-electron chi connectivity index (χ0n) is 14.0. The van der Waals surface area contributed by atoms with E-state index in [2.05, 4.69) is 10.1 Å². The molecule has 26 heavy (non-hydrogen) atoms. The van der Waals surface area contributed by atoms with E-state index in [9.17, 15) is 18.0 Å². The highest BCUT2D eigenvalue weighted by Gasteiger charge is 2.11. The molecule has 4 nitrogen and oxygen atoms in total. The van der Waals surface area contributed by atoms with E-state index < -0.39 is 6.61 Å². The topological polar surface area (TPSA) is 47.6 Å². The average molecular weight is 365 g/mol. The SMILES string of the molecule is COc1cc(CCNC(=O)/C=C/c2ccc(F)cc2)ccc1OC(F)F. The van der Waals surface area contributed by atoms with Crippen LogP contribution in [0.25, 0.3) is 6.08 Å². The molecule has 7 heteroatoms. The number of alkyl halides is 2. The molecule has 0 atom stereocenters. The summed E-state index contributed by atoms with van der Waals surface area (Å²) in [5.74, 6) is -0.478. The van der Waals surface area contributed by atoms with Crippen molar-refractivity contribution in [1.29, 1.82) is 0 Å². The van der Waals surface area contributed by atoms with Gasteiger partial charge in [-0.15, -0.1) is 0 Å². The lowest BCUT2D eigenvalue weighted by atomic mass is 10.1. The molecule has 2 aromatic carbocycles. The number of rotatable bonds is 8. The maximum absolute atomic E-state index is 12.8. The maximum Gasteiger partial charge on any atom is 0.387 e. The summed E-state index contributed by atoms with van der Waals surface area (Å²) in [5, 5.41) is 2.71. The first-order valence-corrected chi connectivity index (χ1v) is 7.81. The smallest absolute Gasteiger partial charge is 0.387 e. The summed E-state index contributed by atoms with van der Waals surface area (Å²) in [6.07, 6.45) is 3.42. The standard InChI is InChI=1S/C19H18F3NO3/c1-25-17-12-14(4-8-16(17)26-19(21)22)10-11-23-18(24)9-5-13-2-6-15(20)7-3-13/h2-9,12,19H,10-11H2,1H3,(H,23,24)/b9-5+. The van der Waals surface area contributed by atoms with Gasteiger partial charge in [0.15, 0.2) is 11.5 Å². The molecule has 0 heterocycles. The van der Waals surface area contributed by atoms with E-state index in [0.717, 1.165) is 5.56 Å². The molecule has 0 aliphatic carbocycles. The second kappa shape index (κ2) is 9.50.